The number of anilines is 2. The summed E-state index contributed by atoms with van der Waals surface area (Å²) in [5, 5.41) is 6.63. The Morgan fingerprint density at radius 1 is 0.821 bits per heavy atom. The molecule has 0 saturated carbocycles. The van der Waals surface area contributed by atoms with E-state index in [2.05, 4.69) is 25.4 Å². The number of carbonyl (C=O) groups is 2. The molecule has 7 heteroatoms. The van der Waals surface area contributed by atoms with Crippen molar-refractivity contribution < 1.29 is 9.59 Å². The van der Waals surface area contributed by atoms with Crippen LogP contribution < -0.4 is 10.6 Å². The number of likely N-dealkylation sites (N-methyl/N-ethyl adjacent to an activating group) is 2. The Morgan fingerprint density at radius 3 is 1.89 bits per heavy atom. The number of aromatic nitrogens is 1. The average Bonchev–Trinajstić information content (AvgIpc) is 2.66. The van der Waals surface area contributed by atoms with Gasteiger partial charge in [-0.3, -0.25) is 14.6 Å². The molecule has 0 amide bonds. The molecule has 2 N–H and O–H groups in total. The Labute approximate surface area is 165 Å². The van der Waals surface area contributed by atoms with Gasteiger partial charge in [0.05, 0.1) is 16.7 Å². The molecule has 0 unspecified atom stereocenters. The number of hydrogen-bond acceptors (Lipinski definition) is 7. The van der Waals surface area contributed by atoms with Gasteiger partial charge < -0.3 is 20.4 Å². The van der Waals surface area contributed by atoms with Crippen LogP contribution in [0, 0.1) is 0 Å². The van der Waals surface area contributed by atoms with Gasteiger partial charge in [-0.2, -0.15) is 0 Å². The Bertz CT molecular complexity index is 820. The highest BCUT2D eigenvalue weighted by atomic mass is 16.1. The quantitative estimate of drug-likeness (QED) is 0.616. The predicted octanol–water partition coefficient (Wildman–Crippen LogP) is 1.80. The molecule has 0 bridgehead atoms. The summed E-state index contributed by atoms with van der Waals surface area (Å²) in [6.45, 7) is 2.98. The Kier molecular flexibility index (Phi) is 6.06. The third-order valence-corrected chi connectivity index (χ3v) is 4.68. The zero-order chi connectivity index (χ0) is 20.3. The molecule has 7 nitrogen and oxygen atoms in total. The second-order valence-electron chi connectivity index (χ2n) is 7.43. The number of rotatable bonds is 8. The van der Waals surface area contributed by atoms with E-state index < -0.39 is 0 Å². The van der Waals surface area contributed by atoms with Crippen LogP contribution in [-0.4, -0.2) is 80.7 Å². The Balaban J connectivity index is 2.02. The monoisotopic (exact) mass is 381 g/mol. The normalized spacial score (nSPS) is 12.9. The van der Waals surface area contributed by atoms with E-state index >= 15 is 0 Å². The summed E-state index contributed by atoms with van der Waals surface area (Å²) in [5.74, 6) is -0.380. The first-order valence-electron chi connectivity index (χ1n) is 9.38. The minimum absolute atomic E-state index is 0.165. The van der Waals surface area contributed by atoms with Crippen LogP contribution >= 0.6 is 0 Å². The van der Waals surface area contributed by atoms with Crippen LogP contribution in [-0.2, 0) is 0 Å². The van der Waals surface area contributed by atoms with E-state index in [9.17, 15) is 9.59 Å². The standard InChI is InChI=1S/C21H27N5O2/c1-25(2)12-10-22-15-7-8-16(23-11-13-26(3)4)18-17(15)20(27)14-6-5-9-24-19(14)21(18)28/h5-9,22-23H,10-13H2,1-4H3. The molecule has 28 heavy (non-hydrogen) atoms. The third kappa shape index (κ3) is 4.05. The molecule has 1 aliphatic rings. The predicted molar refractivity (Wildman–Crippen MR) is 112 cm³/mol. The van der Waals surface area contributed by atoms with Crippen LogP contribution in [0.4, 0.5) is 11.4 Å². The van der Waals surface area contributed by atoms with Gasteiger partial charge in [-0.1, -0.05) is 0 Å². The van der Waals surface area contributed by atoms with Gasteiger partial charge in [0.15, 0.2) is 5.78 Å². The van der Waals surface area contributed by atoms with Gasteiger partial charge in [0.25, 0.3) is 0 Å². The fraction of sp³-hybridized carbons (Fsp3) is 0.381. The molecular weight excluding hydrogens is 354 g/mol. The third-order valence-electron chi connectivity index (χ3n) is 4.68. The highest BCUT2D eigenvalue weighted by molar-refractivity contribution is 6.31. The largest absolute Gasteiger partial charge is 0.383 e. The molecule has 0 aliphatic heterocycles. The van der Waals surface area contributed by atoms with Crippen LogP contribution in [0.5, 0.6) is 0 Å². The van der Waals surface area contributed by atoms with Crippen LogP contribution in [0.2, 0.25) is 0 Å². The molecule has 1 aliphatic carbocycles. The molecule has 0 spiro atoms. The maximum absolute atomic E-state index is 13.2. The first-order chi connectivity index (χ1) is 13.4. The van der Waals surface area contributed by atoms with E-state index in [1.54, 1.807) is 18.3 Å². The van der Waals surface area contributed by atoms with Gasteiger partial charge in [-0.15, -0.1) is 0 Å². The number of nitrogens with one attached hydrogen (secondary N) is 2. The molecule has 148 valence electrons. The van der Waals surface area contributed by atoms with Crippen molar-refractivity contribution >= 4 is 22.9 Å². The number of benzene rings is 1. The summed E-state index contributed by atoms with van der Waals surface area (Å²) in [6, 6.07) is 7.10. The first kappa shape index (κ1) is 20.0. The maximum Gasteiger partial charge on any atom is 0.215 e. The van der Waals surface area contributed by atoms with Crippen molar-refractivity contribution in [2.45, 2.75) is 0 Å². The van der Waals surface area contributed by atoms with Crippen molar-refractivity contribution in [1.29, 1.82) is 0 Å². The van der Waals surface area contributed by atoms with Gasteiger partial charge >= 0.3 is 0 Å². The molecule has 1 heterocycles. The lowest BCUT2D eigenvalue weighted by Gasteiger charge is -2.24. The van der Waals surface area contributed by atoms with E-state index in [0.717, 1.165) is 13.1 Å². The van der Waals surface area contributed by atoms with Crippen LogP contribution in [0.1, 0.15) is 32.0 Å². The molecule has 0 saturated heterocycles. The summed E-state index contributed by atoms with van der Waals surface area (Å²) >= 11 is 0. The van der Waals surface area contributed by atoms with E-state index in [-0.39, 0.29) is 17.3 Å². The van der Waals surface area contributed by atoms with E-state index in [1.807, 2.05) is 40.3 Å². The summed E-state index contributed by atoms with van der Waals surface area (Å²) < 4.78 is 0. The molecule has 2 aromatic rings. The summed E-state index contributed by atoms with van der Waals surface area (Å²) in [5.41, 5.74) is 2.78. The Morgan fingerprint density at radius 2 is 1.36 bits per heavy atom. The van der Waals surface area contributed by atoms with Crippen molar-refractivity contribution in [2.75, 3.05) is 65.0 Å². The van der Waals surface area contributed by atoms with Crippen molar-refractivity contribution in [2.24, 2.45) is 0 Å². The van der Waals surface area contributed by atoms with Crippen LogP contribution in [0.25, 0.3) is 0 Å². The lowest BCUT2D eigenvalue weighted by atomic mass is 9.84. The maximum atomic E-state index is 13.2. The number of fused-ring (bicyclic) bond motifs is 2. The highest BCUT2D eigenvalue weighted by Gasteiger charge is 2.34. The Hall–Kier alpha value is -2.77. The lowest BCUT2D eigenvalue weighted by molar-refractivity contribution is 0.0976. The van der Waals surface area contributed by atoms with Crippen molar-refractivity contribution in [1.82, 2.24) is 14.8 Å². The zero-order valence-corrected chi connectivity index (χ0v) is 16.9. The fourth-order valence-corrected chi connectivity index (χ4v) is 3.22. The van der Waals surface area contributed by atoms with Crippen molar-refractivity contribution in [3.05, 3.63) is 52.8 Å². The average molecular weight is 381 g/mol. The number of hydrogen-bond donors (Lipinski definition) is 2. The van der Waals surface area contributed by atoms with Crippen molar-refractivity contribution in [3.63, 3.8) is 0 Å². The number of nitrogens with zero attached hydrogens (tertiary/aromatic N) is 3. The topological polar surface area (TPSA) is 77.6 Å². The molecular formula is C21H27N5O2. The van der Waals surface area contributed by atoms with Crippen molar-refractivity contribution in [3.8, 4) is 0 Å². The SMILES string of the molecule is CN(C)CCNc1ccc(NCCN(C)C)c2c1C(=O)c1cccnc1C2=O. The first-order valence-corrected chi connectivity index (χ1v) is 9.38. The van der Waals surface area contributed by atoms with Gasteiger partial charge in [-0.05, 0) is 52.5 Å². The second-order valence-corrected chi connectivity index (χ2v) is 7.43. The van der Waals surface area contributed by atoms with E-state index in [4.69, 9.17) is 0 Å². The second kappa shape index (κ2) is 8.50. The smallest absolute Gasteiger partial charge is 0.215 e. The summed E-state index contributed by atoms with van der Waals surface area (Å²) in [4.78, 5) is 34.7. The fourth-order valence-electron chi connectivity index (χ4n) is 3.22. The summed E-state index contributed by atoms with van der Waals surface area (Å²) in [7, 11) is 7.96. The molecule has 0 radical (unpaired) electrons. The van der Waals surface area contributed by atoms with Crippen LogP contribution in [0.15, 0.2) is 30.5 Å². The molecule has 3 rings (SSSR count). The van der Waals surface area contributed by atoms with Gasteiger partial charge in [0.1, 0.15) is 5.69 Å². The number of pyridine rings is 1. The van der Waals surface area contributed by atoms with Gasteiger partial charge in [-0.25, -0.2) is 0 Å². The number of ketones is 2. The summed E-state index contributed by atoms with van der Waals surface area (Å²) in [6.07, 6.45) is 1.55. The lowest BCUT2D eigenvalue weighted by Crippen LogP contribution is -2.28. The minimum atomic E-state index is -0.214. The molecule has 0 fully saturated rings. The minimum Gasteiger partial charge on any atom is -0.383 e. The van der Waals surface area contributed by atoms with E-state index in [1.165, 1.54) is 0 Å². The van der Waals surface area contributed by atoms with Crippen LogP contribution in [0.3, 0.4) is 0 Å². The zero-order valence-electron chi connectivity index (χ0n) is 16.9. The highest BCUT2D eigenvalue weighted by Crippen LogP contribution is 2.35. The molecule has 0 atom stereocenters. The van der Waals surface area contributed by atoms with E-state index in [0.29, 0.717) is 41.2 Å². The van der Waals surface area contributed by atoms with Gasteiger partial charge in [0.2, 0.25) is 5.78 Å². The number of carbonyl (C=O) groups excluding carboxylic acids is 2. The molecule has 1 aromatic heterocycles. The van der Waals surface area contributed by atoms with Gasteiger partial charge in [0, 0.05) is 43.8 Å². The molecule has 1 aromatic carbocycles.